The Hall–Kier alpha value is -1.62. The first-order valence-corrected chi connectivity index (χ1v) is 7.36. The van der Waals surface area contributed by atoms with Crippen molar-refractivity contribution in [1.29, 1.82) is 5.41 Å². The Balaban J connectivity index is 1.85. The van der Waals surface area contributed by atoms with Crippen LogP contribution in [0.15, 0.2) is 18.5 Å². The predicted molar refractivity (Wildman–Crippen MR) is 79.0 cm³/mol. The smallest absolute Gasteiger partial charge is 0.125 e. The highest BCUT2D eigenvalue weighted by molar-refractivity contribution is 6.00. The first kappa shape index (κ1) is 13.4. The van der Waals surface area contributed by atoms with Crippen LogP contribution in [0.5, 0.6) is 0 Å². The van der Waals surface area contributed by atoms with Gasteiger partial charge in [0.2, 0.25) is 0 Å². The van der Waals surface area contributed by atoms with Crippen LogP contribution < -0.4 is 10.6 Å². The topological polar surface area (TPSA) is 86.2 Å². The molecular weight excluding hydrogens is 252 g/mol. The first-order chi connectivity index (χ1) is 9.60. The molecule has 1 aromatic rings. The second kappa shape index (κ2) is 5.05. The van der Waals surface area contributed by atoms with Gasteiger partial charge in [0.05, 0.1) is 17.5 Å². The molecule has 4 N–H and O–H groups in total. The van der Waals surface area contributed by atoms with Gasteiger partial charge in [0.15, 0.2) is 0 Å². The van der Waals surface area contributed by atoms with E-state index in [-0.39, 0.29) is 5.84 Å². The number of nitrogens with two attached hydrogens (primary N) is 1. The lowest BCUT2D eigenvalue weighted by Gasteiger charge is -2.48. The zero-order chi connectivity index (χ0) is 14.2. The summed E-state index contributed by atoms with van der Waals surface area (Å²) in [7, 11) is 0. The van der Waals surface area contributed by atoms with Gasteiger partial charge in [-0.2, -0.15) is 0 Å². The van der Waals surface area contributed by atoms with Crippen molar-refractivity contribution in [3.63, 3.8) is 0 Å². The van der Waals surface area contributed by atoms with Crippen molar-refractivity contribution in [3.8, 4) is 0 Å². The third-order valence-electron chi connectivity index (χ3n) is 4.86. The van der Waals surface area contributed by atoms with Crippen molar-refractivity contribution in [1.82, 2.24) is 4.98 Å². The molecule has 0 radical (unpaired) electrons. The average Bonchev–Trinajstić information content (AvgIpc) is 2.46. The molecule has 0 spiro atoms. The van der Waals surface area contributed by atoms with E-state index in [2.05, 4.69) is 9.88 Å². The van der Waals surface area contributed by atoms with E-state index in [9.17, 15) is 5.11 Å². The van der Waals surface area contributed by atoms with Gasteiger partial charge < -0.3 is 15.7 Å². The maximum absolute atomic E-state index is 10.7. The zero-order valence-corrected chi connectivity index (χ0v) is 11.7. The van der Waals surface area contributed by atoms with Crippen LogP contribution in [0, 0.1) is 11.3 Å². The highest BCUT2D eigenvalue weighted by Gasteiger charge is 2.43. The van der Waals surface area contributed by atoms with E-state index in [1.807, 2.05) is 0 Å². The van der Waals surface area contributed by atoms with Crippen molar-refractivity contribution >= 4 is 11.5 Å². The number of hydrogen-bond acceptors (Lipinski definition) is 4. The Morgan fingerprint density at radius 2 is 2.30 bits per heavy atom. The number of aliphatic hydroxyl groups is 1. The van der Waals surface area contributed by atoms with Crippen LogP contribution in [0.25, 0.3) is 0 Å². The molecule has 0 amide bonds. The van der Waals surface area contributed by atoms with Crippen LogP contribution in [0.4, 0.5) is 5.69 Å². The number of aromatic nitrogens is 1. The number of nitrogens with zero attached hydrogens (tertiary/aromatic N) is 2. The largest absolute Gasteiger partial charge is 0.389 e. The van der Waals surface area contributed by atoms with Gasteiger partial charge in [-0.3, -0.25) is 10.4 Å². The molecule has 0 bridgehead atoms. The molecule has 2 unspecified atom stereocenters. The monoisotopic (exact) mass is 274 g/mol. The van der Waals surface area contributed by atoms with Crippen LogP contribution in [0.1, 0.15) is 37.7 Å². The molecule has 1 aliphatic carbocycles. The molecule has 3 rings (SSSR count). The van der Waals surface area contributed by atoms with Crippen molar-refractivity contribution in [2.75, 3.05) is 18.0 Å². The van der Waals surface area contributed by atoms with Gasteiger partial charge in [0.25, 0.3) is 0 Å². The van der Waals surface area contributed by atoms with Crippen LogP contribution in [0.2, 0.25) is 0 Å². The number of rotatable bonds is 2. The van der Waals surface area contributed by atoms with E-state index in [0.717, 1.165) is 50.0 Å². The standard InChI is InChI=1S/C15H22N4O/c16-14(17)12-4-7-18-9-13(12)19-8-6-15(20)5-2-1-3-11(15)10-19/h4,7,9,11,20H,1-3,5-6,8,10H2,(H3,16,17). The van der Waals surface area contributed by atoms with E-state index in [4.69, 9.17) is 11.1 Å². The van der Waals surface area contributed by atoms with Gasteiger partial charge >= 0.3 is 0 Å². The number of nitrogens with one attached hydrogen (secondary N) is 1. The molecule has 108 valence electrons. The molecule has 2 aliphatic rings. The summed E-state index contributed by atoms with van der Waals surface area (Å²) in [5.74, 6) is 0.400. The van der Waals surface area contributed by atoms with Gasteiger partial charge in [-0.05, 0) is 25.3 Å². The van der Waals surface area contributed by atoms with E-state index in [1.165, 1.54) is 6.42 Å². The van der Waals surface area contributed by atoms with Gasteiger partial charge in [-0.15, -0.1) is 0 Å². The highest BCUT2D eigenvalue weighted by Crippen LogP contribution is 2.41. The number of piperidine rings is 1. The summed E-state index contributed by atoms with van der Waals surface area (Å²) in [6, 6.07) is 1.79. The van der Waals surface area contributed by atoms with Crippen LogP contribution >= 0.6 is 0 Å². The molecule has 1 saturated heterocycles. The number of nitrogen functional groups attached to an aromatic ring is 1. The zero-order valence-electron chi connectivity index (χ0n) is 11.7. The van der Waals surface area contributed by atoms with E-state index < -0.39 is 5.60 Å². The third-order valence-corrected chi connectivity index (χ3v) is 4.86. The minimum absolute atomic E-state index is 0.0758. The summed E-state index contributed by atoms with van der Waals surface area (Å²) in [5, 5.41) is 18.4. The maximum atomic E-state index is 10.7. The van der Waals surface area contributed by atoms with Crippen molar-refractivity contribution < 1.29 is 5.11 Å². The quantitative estimate of drug-likeness (QED) is 0.563. The fraction of sp³-hybridized carbons (Fsp3) is 0.600. The minimum Gasteiger partial charge on any atom is -0.389 e. The Bertz CT molecular complexity index is 518. The maximum Gasteiger partial charge on any atom is 0.125 e. The third kappa shape index (κ3) is 2.26. The van der Waals surface area contributed by atoms with Crippen LogP contribution in [-0.2, 0) is 0 Å². The Morgan fingerprint density at radius 1 is 1.45 bits per heavy atom. The number of amidine groups is 1. The number of fused-ring (bicyclic) bond motifs is 1. The lowest BCUT2D eigenvalue weighted by Crippen LogP contribution is -2.53. The lowest BCUT2D eigenvalue weighted by molar-refractivity contribution is -0.0612. The van der Waals surface area contributed by atoms with Crippen LogP contribution in [-0.4, -0.2) is 34.6 Å². The summed E-state index contributed by atoms with van der Waals surface area (Å²) in [6.07, 6.45) is 8.60. The van der Waals surface area contributed by atoms with Gasteiger partial charge in [0.1, 0.15) is 5.84 Å². The Labute approximate surface area is 119 Å². The molecule has 2 atom stereocenters. The second-order valence-electron chi connectivity index (χ2n) is 6.05. The average molecular weight is 274 g/mol. The van der Waals surface area contributed by atoms with E-state index in [1.54, 1.807) is 18.5 Å². The van der Waals surface area contributed by atoms with Gasteiger partial charge in [-0.25, -0.2) is 0 Å². The molecule has 2 heterocycles. The Kier molecular flexibility index (Phi) is 3.38. The molecule has 1 saturated carbocycles. The predicted octanol–water partition coefficient (Wildman–Crippen LogP) is 1.50. The summed E-state index contributed by atoms with van der Waals surface area (Å²) in [6.45, 7) is 1.64. The number of anilines is 1. The fourth-order valence-corrected chi connectivity index (χ4v) is 3.66. The highest BCUT2D eigenvalue weighted by atomic mass is 16.3. The molecule has 5 nitrogen and oxygen atoms in total. The molecule has 1 aliphatic heterocycles. The summed E-state index contributed by atoms with van der Waals surface area (Å²) < 4.78 is 0. The second-order valence-corrected chi connectivity index (χ2v) is 6.05. The normalized spacial score (nSPS) is 29.9. The van der Waals surface area contributed by atoms with Gasteiger partial charge in [-0.1, -0.05) is 12.8 Å². The lowest BCUT2D eigenvalue weighted by atomic mass is 9.71. The van der Waals surface area contributed by atoms with Crippen LogP contribution in [0.3, 0.4) is 0 Å². The summed E-state index contributed by atoms with van der Waals surface area (Å²) in [5.41, 5.74) is 6.84. The van der Waals surface area contributed by atoms with E-state index >= 15 is 0 Å². The molecular formula is C15H22N4O. The fourth-order valence-electron chi connectivity index (χ4n) is 3.66. The minimum atomic E-state index is -0.479. The van der Waals surface area contributed by atoms with E-state index in [0.29, 0.717) is 5.92 Å². The summed E-state index contributed by atoms with van der Waals surface area (Å²) in [4.78, 5) is 6.40. The first-order valence-electron chi connectivity index (χ1n) is 7.36. The molecule has 2 fully saturated rings. The number of hydrogen-bond donors (Lipinski definition) is 3. The molecule has 20 heavy (non-hydrogen) atoms. The molecule has 5 heteroatoms. The van der Waals surface area contributed by atoms with Crippen molar-refractivity contribution in [2.45, 2.75) is 37.7 Å². The molecule has 1 aromatic heterocycles. The number of pyridine rings is 1. The summed E-state index contributed by atoms with van der Waals surface area (Å²) >= 11 is 0. The Morgan fingerprint density at radius 3 is 3.10 bits per heavy atom. The van der Waals surface area contributed by atoms with Crippen molar-refractivity contribution in [2.24, 2.45) is 11.7 Å². The van der Waals surface area contributed by atoms with Crippen molar-refractivity contribution in [3.05, 3.63) is 24.0 Å². The molecule has 0 aromatic carbocycles. The van der Waals surface area contributed by atoms with Gasteiger partial charge in [0, 0.05) is 30.8 Å². The SMILES string of the molecule is N=C(N)c1ccncc1N1CCC2(O)CCCCC2C1.